The highest BCUT2D eigenvalue weighted by Gasteiger charge is 1.99. The van der Waals surface area contributed by atoms with Crippen LogP contribution in [0, 0.1) is 0 Å². The summed E-state index contributed by atoms with van der Waals surface area (Å²) in [6, 6.07) is 7.40. The van der Waals surface area contributed by atoms with Crippen molar-refractivity contribution >= 4 is 41.5 Å². The van der Waals surface area contributed by atoms with Gasteiger partial charge in [0.2, 0.25) is 0 Å². The standard InChI is InChI=1S/C13H18ClN3O.HI/c1-3-8-16-13(15-2)17-9-10-18-12-7-5-4-6-11(12)14;/h3-7H,1,8-10H2,2H3,(H2,15,16,17);1H. The van der Waals surface area contributed by atoms with Crippen LogP contribution in [0.2, 0.25) is 5.02 Å². The van der Waals surface area contributed by atoms with Crippen LogP contribution in [0.25, 0.3) is 0 Å². The van der Waals surface area contributed by atoms with Gasteiger partial charge in [0, 0.05) is 13.6 Å². The zero-order valence-electron chi connectivity index (χ0n) is 10.9. The van der Waals surface area contributed by atoms with Gasteiger partial charge in [-0.05, 0) is 12.1 Å². The lowest BCUT2D eigenvalue weighted by Gasteiger charge is -2.11. The second-order valence-electron chi connectivity index (χ2n) is 3.45. The third-order valence-electron chi connectivity index (χ3n) is 2.13. The topological polar surface area (TPSA) is 45.7 Å². The molecule has 0 spiro atoms. The molecule has 0 radical (unpaired) electrons. The molecule has 0 aliphatic rings. The largest absolute Gasteiger partial charge is 0.490 e. The van der Waals surface area contributed by atoms with Crippen molar-refractivity contribution in [2.75, 3.05) is 26.7 Å². The Bertz CT molecular complexity index is 413. The quantitative estimate of drug-likeness (QED) is 0.256. The zero-order valence-corrected chi connectivity index (χ0v) is 13.9. The van der Waals surface area contributed by atoms with Crippen LogP contribution in [0.3, 0.4) is 0 Å². The lowest BCUT2D eigenvalue weighted by atomic mass is 10.3. The van der Waals surface area contributed by atoms with Crippen LogP contribution in [-0.4, -0.2) is 32.7 Å². The van der Waals surface area contributed by atoms with Crippen molar-refractivity contribution in [1.29, 1.82) is 0 Å². The minimum absolute atomic E-state index is 0. The number of aliphatic imine (C=N–C) groups is 1. The smallest absolute Gasteiger partial charge is 0.191 e. The highest BCUT2D eigenvalue weighted by molar-refractivity contribution is 14.0. The summed E-state index contributed by atoms with van der Waals surface area (Å²) in [5, 5.41) is 6.80. The number of ether oxygens (including phenoxy) is 1. The molecule has 0 heterocycles. The van der Waals surface area contributed by atoms with E-state index >= 15 is 0 Å². The average molecular weight is 396 g/mol. The number of nitrogens with one attached hydrogen (secondary N) is 2. The van der Waals surface area contributed by atoms with Crippen molar-refractivity contribution < 1.29 is 4.74 Å². The van der Waals surface area contributed by atoms with Crippen LogP contribution in [-0.2, 0) is 0 Å². The number of rotatable bonds is 6. The van der Waals surface area contributed by atoms with Crippen molar-refractivity contribution in [2.24, 2.45) is 4.99 Å². The Morgan fingerprint density at radius 3 is 2.79 bits per heavy atom. The number of hydrogen-bond donors (Lipinski definition) is 2. The summed E-state index contributed by atoms with van der Waals surface area (Å²) >= 11 is 5.97. The van der Waals surface area contributed by atoms with Gasteiger partial charge in [-0.15, -0.1) is 30.6 Å². The predicted molar refractivity (Wildman–Crippen MR) is 91.9 cm³/mol. The van der Waals surface area contributed by atoms with Crippen molar-refractivity contribution in [1.82, 2.24) is 10.6 Å². The molecule has 0 saturated carbocycles. The maximum absolute atomic E-state index is 5.97. The van der Waals surface area contributed by atoms with Gasteiger partial charge in [0.25, 0.3) is 0 Å². The Hall–Kier alpha value is -0.950. The van der Waals surface area contributed by atoms with Gasteiger partial charge in [0.05, 0.1) is 11.6 Å². The van der Waals surface area contributed by atoms with E-state index in [1.165, 1.54) is 0 Å². The molecule has 0 aliphatic heterocycles. The molecule has 2 N–H and O–H groups in total. The van der Waals surface area contributed by atoms with E-state index in [1.54, 1.807) is 19.2 Å². The van der Waals surface area contributed by atoms with E-state index in [4.69, 9.17) is 16.3 Å². The Morgan fingerprint density at radius 2 is 2.16 bits per heavy atom. The van der Waals surface area contributed by atoms with Gasteiger partial charge in [0.15, 0.2) is 5.96 Å². The molecular weight excluding hydrogens is 377 g/mol. The first-order valence-corrected chi connectivity index (χ1v) is 6.08. The van der Waals surface area contributed by atoms with E-state index in [0.29, 0.717) is 30.5 Å². The molecule has 106 valence electrons. The Balaban J connectivity index is 0.00000324. The molecule has 6 heteroatoms. The average Bonchev–Trinajstić information content (AvgIpc) is 2.40. The molecule has 0 aliphatic carbocycles. The van der Waals surface area contributed by atoms with Gasteiger partial charge >= 0.3 is 0 Å². The van der Waals surface area contributed by atoms with Crippen LogP contribution in [0.1, 0.15) is 0 Å². The molecule has 0 saturated heterocycles. The zero-order chi connectivity index (χ0) is 13.2. The number of para-hydroxylation sites is 1. The molecule has 1 aromatic carbocycles. The molecule has 0 bridgehead atoms. The third-order valence-corrected chi connectivity index (χ3v) is 2.44. The Kier molecular flexibility index (Phi) is 10.4. The van der Waals surface area contributed by atoms with Crippen LogP contribution >= 0.6 is 35.6 Å². The van der Waals surface area contributed by atoms with E-state index in [2.05, 4.69) is 22.2 Å². The lowest BCUT2D eigenvalue weighted by molar-refractivity contribution is 0.322. The minimum atomic E-state index is 0. The summed E-state index contributed by atoms with van der Waals surface area (Å²) in [6.45, 7) is 5.45. The molecule has 4 nitrogen and oxygen atoms in total. The highest BCUT2D eigenvalue weighted by Crippen LogP contribution is 2.22. The fourth-order valence-corrected chi connectivity index (χ4v) is 1.47. The maximum Gasteiger partial charge on any atom is 0.191 e. The lowest BCUT2D eigenvalue weighted by Crippen LogP contribution is -2.39. The van der Waals surface area contributed by atoms with E-state index in [0.717, 1.165) is 5.96 Å². The van der Waals surface area contributed by atoms with Crippen molar-refractivity contribution in [3.63, 3.8) is 0 Å². The molecule has 1 aromatic rings. The summed E-state index contributed by atoms with van der Waals surface area (Å²) in [7, 11) is 1.72. The van der Waals surface area contributed by atoms with E-state index < -0.39 is 0 Å². The van der Waals surface area contributed by atoms with Crippen molar-refractivity contribution in [3.8, 4) is 5.75 Å². The number of nitrogens with zero attached hydrogens (tertiary/aromatic N) is 1. The molecule has 1 rings (SSSR count). The Morgan fingerprint density at radius 1 is 1.42 bits per heavy atom. The van der Waals surface area contributed by atoms with Gasteiger partial charge in [-0.3, -0.25) is 4.99 Å². The van der Waals surface area contributed by atoms with Gasteiger partial charge in [0.1, 0.15) is 12.4 Å². The number of guanidine groups is 1. The molecule has 0 amide bonds. The first-order valence-electron chi connectivity index (χ1n) is 5.70. The normalized spacial score (nSPS) is 10.3. The van der Waals surface area contributed by atoms with Crippen LogP contribution in [0.5, 0.6) is 5.75 Å². The summed E-state index contributed by atoms with van der Waals surface area (Å²) in [6.07, 6.45) is 1.77. The molecule has 0 aromatic heterocycles. The number of benzene rings is 1. The summed E-state index contributed by atoms with van der Waals surface area (Å²) < 4.78 is 5.54. The van der Waals surface area contributed by atoms with Crippen molar-refractivity contribution in [3.05, 3.63) is 41.9 Å². The van der Waals surface area contributed by atoms with Crippen LogP contribution in [0.4, 0.5) is 0 Å². The first-order chi connectivity index (χ1) is 8.77. The fraction of sp³-hybridized carbons (Fsp3) is 0.308. The molecular formula is C13H19ClIN3O. The van der Waals surface area contributed by atoms with Gasteiger partial charge in [-0.2, -0.15) is 0 Å². The number of hydrogen-bond acceptors (Lipinski definition) is 2. The fourth-order valence-electron chi connectivity index (χ4n) is 1.28. The predicted octanol–water partition coefficient (Wildman–Crippen LogP) is 2.69. The minimum Gasteiger partial charge on any atom is -0.490 e. The maximum atomic E-state index is 5.97. The molecule has 0 atom stereocenters. The van der Waals surface area contributed by atoms with Gasteiger partial charge in [-0.1, -0.05) is 29.8 Å². The van der Waals surface area contributed by atoms with Crippen LogP contribution < -0.4 is 15.4 Å². The first kappa shape index (κ1) is 18.0. The van der Waals surface area contributed by atoms with Gasteiger partial charge in [-0.25, -0.2) is 0 Å². The number of halogens is 2. The SMILES string of the molecule is C=CCNC(=NC)NCCOc1ccccc1Cl.I. The van der Waals surface area contributed by atoms with Crippen molar-refractivity contribution in [2.45, 2.75) is 0 Å². The second kappa shape index (κ2) is 10.9. The Labute approximate surface area is 136 Å². The monoisotopic (exact) mass is 395 g/mol. The van der Waals surface area contributed by atoms with E-state index in [-0.39, 0.29) is 24.0 Å². The second-order valence-corrected chi connectivity index (χ2v) is 3.85. The summed E-state index contributed by atoms with van der Waals surface area (Å²) in [5.41, 5.74) is 0. The van der Waals surface area contributed by atoms with E-state index in [9.17, 15) is 0 Å². The van der Waals surface area contributed by atoms with Crippen LogP contribution in [0.15, 0.2) is 41.9 Å². The molecule has 0 unspecified atom stereocenters. The molecule has 19 heavy (non-hydrogen) atoms. The van der Waals surface area contributed by atoms with E-state index in [1.807, 2.05) is 18.2 Å². The highest BCUT2D eigenvalue weighted by atomic mass is 127. The summed E-state index contributed by atoms with van der Waals surface area (Å²) in [4.78, 5) is 4.05. The van der Waals surface area contributed by atoms with Gasteiger partial charge < -0.3 is 15.4 Å². The summed E-state index contributed by atoms with van der Waals surface area (Å²) in [5.74, 6) is 1.41. The third kappa shape index (κ3) is 7.27. The molecule has 0 fully saturated rings.